The average molecular weight is 268 g/mol. The lowest BCUT2D eigenvalue weighted by Crippen LogP contribution is -2.49. The van der Waals surface area contributed by atoms with E-state index in [1.54, 1.807) is 0 Å². The third-order valence-electron chi connectivity index (χ3n) is 4.99. The van der Waals surface area contributed by atoms with Crippen molar-refractivity contribution in [2.45, 2.75) is 70.4 Å². The summed E-state index contributed by atoms with van der Waals surface area (Å²) in [6.45, 7) is 6.15. The van der Waals surface area contributed by atoms with Crippen LogP contribution >= 0.6 is 0 Å². The number of piperidine rings is 1. The maximum atomic E-state index is 9.54. The number of likely N-dealkylation sites (tertiary alicyclic amines) is 1. The van der Waals surface area contributed by atoms with E-state index in [-0.39, 0.29) is 0 Å². The van der Waals surface area contributed by atoms with Crippen molar-refractivity contribution in [1.29, 1.82) is 0 Å². The van der Waals surface area contributed by atoms with Crippen molar-refractivity contribution in [1.82, 2.24) is 10.2 Å². The summed E-state index contributed by atoms with van der Waals surface area (Å²) >= 11 is 0. The second kappa shape index (κ2) is 8.23. The summed E-state index contributed by atoms with van der Waals surface area (Å²) in [5, 5.41) is 13.3. The standard InChI is InChI=1S/C16H32N2O/c1-2-10-17-16-9-4-3-7-14(16)12-18-11-6-5-8-15(18)13-19/h14-17,19H,2-13H2,1H3. The largest absolute Gasteiger partial charge is 0.395 e. The van der Waals surface area contributed by atoms with Gasteiger partial charge >= 0.3 is 0 Å². The number of nitrogens with one attached hydrogen (secondary N) is 1. The van der Waals surface area contributed by atoms with Gasteiger partial charge in [0.2, 0.25) is 0 Å². The Balaban J connectivity index is 1.86. The summed E-state index contributed by atoms with van der Waals surface area (Å²) in [6, 6.07) is 1.15. The van der Waals surface area contributed by atoms with Crippen molar-refractivity contribution in [3.63, 3.8) is 0 Å². The van der Waals surface area contributed by atoms with E-state index in [4.69, 9.17) is 0 Å². The fourth-order valence-electron chi connectivity index (χ4n) is 3.83. The monoisotopic (exact) mass is 268 g/mol. The smallest absolute Gasteiger partial charge is 0.0586 e. The summed E-state index contributed by atoms with van der Waals surface area (Å²) in [5.74, 6) is 0.799. The molecule has 2 rings (SSSR count). The van der Waals surface area contributed by atoms with E-state index in [9.17, 15) is 5.11 Å². The molecule has 3 nitrogen and oxygen atoms in total. The Morgan fingerprint density at radius 1 is 1.11 bits per heavy atom. The van der Waals surface area contributed by atoms with Gasteiger partial charge in [-0.1, -0.05) is 26.2 Å². The van der Waals surface area contributed by atoms with Crippen LogP contribution in [-0.4, -0.2) is 48.3 Å². The lowest BCUT2D eigenvalue weighted by atomic mass is 9.83. The highest BCUT2D eigenvalue weighted by atomic mass is 16.3. The van der Waals surface area contributed by atoms with Gasteiger partial charge in [-0.3, -0.25) is 4.90 Å². The highest BCUT2D eigenvalue weighted by Gasteiger charge is 2.29. The van der Waals surface area contributed by atoms with Crippen LogP contribution in [0.4, 0.5) is 0 Å². The Morgan fingerprint density at radius 2 is 1.89 bits per heavy atom. The zero-order valence-electron chi connectivity index (χ0n) is 12.6. The third-order valence-corrected chi connectivity index (χ3v) is 4.99. The molecular formula is C16H32N2O. The van der Waals surface area contributed by atoms with Crippen LogP contribution in [0.1, 0.15) is 58.3 Å². The molecule has 112 valence electrons. The minimum atomic E-state index is 0.347. The lowest BCUT2D eigenvalue weighted by Gasteiger charge is -2.41. The molecule has 3 heteroatoms. The zero-order valence-corrected chi connectivity index (χ0v) is 12.6. The predicted octanol–water partition coefficient (Wildman–Crippen LogP) is 2.39. The van der Waals surface area contributed by atoms with Crippen molar-refractivity contribution < 1.29 is 5.11 Å². The Hall–Kier alpha value is -0.120. The maximum absolute atomic E-state index is 9.54. The van der Waals surface area contributed by atoms with Gasteiger partial charge in [0.15, 0.2) is 0 Å². The maximum Gasteiger partial charge on any atom is 0.0586 e. The van der Waals surface area contributed by atoms with Gasteiger partial charge in [-0.15, -0.1) is 0 Å². The van der Waals surface area contributed by atoms with Crippen LogP contribution in [0, 0.1) is 5.92 Å². The molecule has 1 aliphatic carbocycles. The number of aliphatic hydroxyl groups excluding tert-OH is 1. The zero-order chi connectivity index (χ0) is 13.5. The van der Waals surface area contributed by atoms with E-state index in [1.165, 1.54) is 64.5 Å². The lowest BCUT2D eigenvalue weighted by molar-refractivity contribution is 0.0619. The second-order valence-corrected chi connectivity index (χ2v) is 6.43. The molecule has 0 aromatic heterocycles. The van der Waals surface area contributed by atoms with Crippen LogP contribution in [0.25, 0.3) is 0 Å². The topological polar surface area (TPSA) is 35.5 Å². The molecule has 2 fully saturated rings. The Kier molecular flexibility index (Phi) is 6.62. The third kappa shape index (κ3) is 4.44. The summed E-state index contributed by atoms with van der Waals surface area (Å²) in [6.07, 6.45) is 10.5. The first-order chi connectivity index (χ1) is 9.35. The molecule has 1 aliphatic heterocycles. The molecule has 3 atom stereocenters. The summed E-state index contributed by atoms with van der Waals surface area (Å²) in [4.78, 5) is 2.57. The molecule has 19 heavy (non-hydrogen) atoms. The van der Waals surface area contributed by atoms with Crippen LogP contribution in [0.15, 0.2) is 0 Å². The Morgan fingerprint density at radius 3 is 2.68 bits per heavy atom. The van der Waals surface area contributed by atoms with Crippen molar-refractivity contribution in [3.8, 4) is 0 Å². The number of aliphatic hydroxyl groups is 1. The van der Waals surface area contributed by atoms with Crippen molar-refractivity contribution in [2.75, 3.05) is 26.2 Å². The fourth-order valence-corrected chi connectivity index (χ4v) is 3.83. The average Bonchev–Trinajstić information content (AvgIpc) is 2.47. The quantitative estimate of drug-likeness (QED) is 0.776. The van der Waals surface area contributed by atoms with E-state index in [0.29, 0.717) is 12.6 Å². The SMILES string of the molecule is CCCNC1CCCCC1CN1CCCCC1CO. The number of rotatable bonds is 6. The highest BCUT2D eigenvalue weighted by molar-refractivity contribution is 4.86. The van der Waals surface area contributed by atoms with Crippen LogP contribution in [0.3, 0.4) is 0 Å². The normalized spacial score (nSPS) is 33.5. The van der Waals surface area contributed by atoms with Gasteiger partial charge in [0.05, 0.1) is 6.61 Å². The molecule has 0 aromatic carbocycles. The molecular weight excluding hydrogens is 236 g/mol. The first kappa shape index (κ1) is 15.3. The van der Waals surface area contributed by atoms with Gasteiger partial charge in [-0.2, -0.15) is 0 Å². The molecule has 1 saturated heterocycles. The van der Waals surface area contributed by atoms with Crippen LogP contribution in [-0.2, 0) is 0 Å². The molecule has 0 bridgehead atoms. The first-order valence-electron chi connectivity index (χ1n) is 8.43. The Labute approximate surface area is 118 Å². The number of hydrogen-bond donors (Lipinski definition) is 2. The molecule has 2 aliphatic rings. The molecule has 3 unspecified atom stereocenters. The van der Waals surface area contributed by atoms with E-state index >= 15 is 0 Å². The Bertz CT molecular complexity index is 247. The molecule has 1 heterocycles. The number of hydrogen-bond acceptors (Lipinski definition) is 3. The summed E-state index contributed by atoms with van der Waals surface area (Å²) < 4.78 is 0. The van der Waals surface area contributed by atoms with E-state index in [1.807, 2.05) is 0 Å². The van der Waals surface area contributed by atoms with E-state index < -0.39 is 0 Å². The molecule has 1 saturated carbocycles. The summed E-state index contributed by atoms with van der Waals surface area (Å²) in [5.41, 5.74) is 0. The van der Waals surface area contributed by atoms with Crippen molar-refractivity contribution in [2.24, 2.45) is 5.92 Å². The van der Waals surface area contributed by atoms with Gasteiger partial charge < -0.3 is 10.4 Å². The van der Waals surface area contributed by atoms with Gasteiger partial charge in [0.1, 0.15) is 0 Å². The van der Waals surface area contributed by atoms with Gasteiger partial charge in [0.25, 0.3) is 0 Å². The van der Waals surface area contributed by atoms with Gasteiger partial charge in [-0.25, -0.2) is 0 Å². The predicted molar refractivity (Wildman–Crippen MR) is 80.3 cm³/mol. The van der Waals surface area contributed by atoms with Gasteiger partial charge in [-0.05, 0) is 51.1 Å². The molecule has 0 aromatic rings. The first-order valence-corrected chi connectivity index (χ1v) is 8.43. The summed E-state index contributed by atoms with van der Waals surface area (Å²) in [7, 11) is 0. The van der Waals surface area contributed by atoms with E-state index in [0.717, 1.165) is 18.5 Å². The van der Waals surface area contributed by atoms with Crippen LogP contribution in [0.2, 0.25) is 0 Å². The van der Waals surface area contributed by atoms with Crippen molar-refractivity contribution in [3.05, 3.63) is 0 Å². The number of nitrogens with zero attached hydrogens (tertiary/aromatic N) is 1. The van der Waals surface area contributed by atoms with E-state index in [2.05, 4.69) is 17.1 Å². The van der Waals surface area contributed by atoms with Gasteiger partial charge in [0, 0.05) is 18.6 Å². The second-order valence-electron chi connectivity index (χ2n) is 6.43. The minimum Gasteiger partial charge on any atom is -0.395 e. The fraction of sp³-hybridized carbons (Fsp3) is 1.00. The van der Waals surface area contributed by atoms with Crippen LogP contribution < -0.4 is 5.32 Å². The molecule has 0 radical (unpaired) electrons. The molecule has 0 amide bonds. The molecule has 0 spiro atoms. The highest BCUT2D eigenvalue weighted by Crippen LogP contribution is 2.27. The minimum absolute atomic E-state index is 0.347. The van der Waals surface area contributed by atoms with Crippen molar-refractivity contribution >= 4 is 0 Å². The van der Waals surface area contributed by atoms with Crippen LogP contribution in [0.5, 0.6) is 0 Å². The molecule has 2 N–H and O–H groups in total.